The molecule has 28 heavy (non-hydrogen) atoms. The van der Waals surface area contributed by atoms with Gasteiger partial charge < -0.3 is 4.74 Å². The summed E-state index contributed by atoms with van der Waals surface area (Å²) in [7, 11) is 1.62. The van der Waals surface area contributed by atoms with Crippen LogP contribution in [0.2, 0.25) is 8.67 Å². The molecular formula is C20H14Cl2N2O2S2. The highest BCUT2D eigenvalue weighted by atomic mass is 35.5. The molecule has 4 nitrogen and oxygen atoms in total. The number of hydrogen-bond donors (Lipinski definition) is 0. The van der Waals surface area contributed by atoms with E-state index in [-0.39, 0.29) is 5.91 Å². The van der Waals surface area contributed by atoms with Crippen molar-refractivity contribution in [2.45, 2.75) is 6.54 Å². The van der Waals surface area contributed by atoms with Crippen molar-refractivity contribution in [1.82, 2.24) is 4.98 Å². The summed E-state index contributed by atoms with van der Waals surface area (Å²) in [5.74, 6) is 0.513. The van der Waals surface area contributed by atoms with Crippen LogP contribution in [-0.2, 0) is 6.54 Å². The molecule has 0 aliphatic rings. The Bertz CT molecular complexity index is 1140. The maximum Gasteiger partial charge on any atom is 0.262 e. The van der Waals surface area contributed by atoms with Gasteiger partial charge in [-0.3, -0.25) is 9.69 Å². The number of methoxy groups -OCH3 is 1. The van der Waals surface area contributed by atoms with Crippen LogP contribution in [0.25, 0.3) is 10.2 Å². The number of thiazole rings is 1. The van der Waals surface area contributed by atoms with E-state index in [0.717, 1.165) is 21.5 Å². The Kier molecular flexibility index (Phi) is 5.55. The van der Waals surface area contributed by atoms with E-state index in [0.29, 0.717) is 25.9 Å². The SMILES string of the molecule is COc1ccc2nc(N(Cc3ccccc3)C(=O)c3cc(Cl)sc3Cl)sc2c1. The Morgan fingerprint density at radius 3 is 2.57 bits per heavy atom. The van der Waals surface area contributed by atoms with Gasteiger partial charge in [-0.05, 0) is 29.8 Å². The lowest BCUT2D eigenvalue weighted by molar-refractivity contribution is 0.0985. The van der Waals surface area contributed by atoms with E-state index in [4.69, 9.17) is 27.9 Å². The average molecular weight is 449 g/mol. The highest BCUT2D eigenvalue weighted by Gasteiger charge is 2.25. The fourth-order valence-corrected chi connectivity index (χ4v) is 5.20. The molecule has 0 spiro atoms. The minimum absolute atomic E-state index is 0.233. The highest BCUT2D eigenvalue weighted by molar-refractivity contribution is 7.22. The van der Waals surface area contributed by atoms with E-state index in [2.05, 4.69) is 4.98 Å². The molecule has 8 heteroatoms. The van der Waals surface area contributed by atoms with Crippen LogP contribution >= 0.6 is 45.9 Å². The summed E-state index contributed by atoms with van der Waals surface area (Å²) >= 11 is 14.9. The summed E-state index contributed by atoms with van der Waals surface area (Å²) in [6.45, 7) is 0.375. The number of amides is 1. The lowest BCUT2D eigenvalue weighted by Gasteiger charge is -2.19. The number of benzene rings is 2. The largest absolute Gasteiger partial charge is 0.497 e. The fourth-order valence-electron chi connectivity index (χ4n) is 2.76. The second kappa shape index (κ2) is 8.09. The van der Waals surface area contributed by atoms with Crippen molar-refractivity contribution >= 4 is 67.1 Å². The predicted molar refractivity (Wildman–Crippen MR) is 117 cm³/mol. The van der Waals surface area contributed by atoms with Gasteiger partial charge >= 0.3 is 0 Å². The minimum atomic E-state index is -0.233. The van der Waals surface area contributed by atoms with E-state index in [9.17, 15) is 4.79 Å². The van der Waals surface area contributed by atoms with Crippen LogP contribution in [0.5, 0.6) is 5.75 Å². The van der Waals surface area contributed by atoms with Crippen LogP contribution in [0.1, 0.15) is 15.9 Å². The van der Waals surface area contributed by atoms with Crippen molar-refractivity contribution in [3.05, 3.63) is 74.4 Å². The number of carbonyl (C=O) groups excluding carboxylic acids is 1. The number of ether oxygens (including phenoxy) is 1. The van der Waals surface area contributed by atoms with Gasteiger partial charge in [0.1, 0.15) is 10.1 Å². The molecule has 0 radical (unpaired) electrons. The van der Waals surface area contributed by atoms with Crippen molar-refractivity contribution < 1.29 is 9.53 Å². The first-order valence-electron chi connectivity index (χ1n) is 8.30. The average Bonchev–Trinajstić information content (AvgIpc) is 3.27. The molecule has 0 aliphatic heterocycles. The number of fused-ring (bicyclic) bond motifs is 1. The third kappa shape index (κ3) is 3.86. The van der Waals surface area contributed by atoms with Gasteiger partial charge in [0, 0.05) is 0 Å². The van der Waals surface area contributed by atoms with Crippen molar-refractivity contribution in [2.24, 2.45) is 0 Å². The van der Waals surface area contributed by atoms with Gasteiger partial charge in [0.25, 0.3) is 5.91 Å². The Morgan fingerprint density at radius 1 is 1.11 bits per heavy atom. The molecule has 0 bridgehead atoms. The predicted octanol–water partition coefficient (Wildman–Crippen LogP) is 6.52. The molecular weight excluding hydrogens is 435 g/mol. The normalized spacial score (nSPS) is 11.0. The van der Waals surface area contributed by atoms with Gasteiger partial charge in [0.05, 0.1) is 33.8 Å². The van der Waals surface area contributed by atoms with Crippen LogP contribution in [0, 0.1) is 0 Å². The van der Waals surface area contributed by atoms with E-state index in [1.54, 1.807) is 18.1 Å². The summed E-state index contributed by atoms with van der Waals surface area (Å²) in [5, 5.41) is 0.593. The van der Waals surface area contributed by atoms with Gasteiger partial charge in [-0.1, -0.05) is 64.9 Å². The molecule has 2 heterocycles. The lowest BCUT2D eigenvalue weighted by Crippen LogP contribution is -2.30. The molecule has 1 amide bonds. The molecule has 142 valence electrons. The first-order valence-corrected chi connectivity index (χ1v) is 10.7. The van der Waals surface area contributed by atoms with Gasteiger partial charge in [-0.25, -0.2) is 4.98 Å². The van der Waals surface area contributed by atoms with Crippen molar-refractivity contribution in [3.63, 3.8) is 0 Å². The Morgan fingerprint density at radius 2 is 1.89 bits per heavy atom. The molecule has 4 aromatic rings. The minimum Gasteiger partial charge on any atom is -0.497 e. The molecule has 0 unspecified atom stereocenters. The van der Waals surface area contributed by atoms with E-state index in [1.807, 2.05) is 48.5 Å². The van der Waals surface area contributed by atoms with Crippen molar-refractivity contribution in [2.75, 3.05) is 12.0 Å². The van der Waals surface area contributed by atoms with E-state index >= 15 is 0 Å². The third-order valence-electron chi connectivity index (χ3n) is 4.13. The zero-order valence-electron chi connectivity index (χ0n) is 14.7. The summed E-state index contributed by atoms with van der Waals surface area (Å²) in [4.78, 5) is 19.6. The van der Waals surface area contributed by atoms with Crippen LogP contribution in [0.3, 0.4) is 0 Å². The quantitative estimate of drug-likeness (QED) is 0.348. The first kappa shape index (κ1) is 19.2. The Labute approximate surface area is 179 Å². The number of rotatable bonds is 5. The number of halogens is 2. The van der Waals surface area contributed by atoms with Crippen LogP contribution < -0.4 is 9.64 Å². The smallest absolute Gasteiger partial charge is 0.262 e. The fraction of sp³-hybridized carbons (Fsp3) is 0.100. The number of nitrogens with zero attached hydrogens (tertiary/aromatic N) is 2. The topological polar surface area (TPSA) is 42.4 Å². The zero-order valence-corrected chi connectivity index (χ0v) is 17.8. The summed E-state index contributed by atoms with van der Waals surface area (Å²) < 4.78 is 7.08. The second-order valence-corrected chi connectivity index (χ2v) is 9.24. The molecule has 4 rings (SSSR count). The number of aromatic nitrogens is 1. The molecule has 0 aliphatic carbocycles. The van der Waals surface area contributed by atoms with Gasteiger partial charge in [-0.2, -0.15) is 0 Å². The molecule has 2 aromatic heterocycles. The summed E-state index contributed by atoms with van der Waals surface area (Å²) in [6.07, 6.45) is 0. The highest BCUT2D eigenvalue weighted by Crippen LogP contribution is 2.36. The van der Waals surface area contributed by atoms with Crippen LogP contribution in [0.15, 0.2) is 54.6 Å². The summed E-state index contributed by atoms with van der Waals surface area (Å²) in [5.41, 5.74) is 2.18. The number of hydrogen-bond acceptors (Lipinski definition) is 5. The maximum absolute atomic E-state index is 13.3. The van der Waals surface area contributed by atoms with E-state index < -0.39 is 0 Å². The lowest BCUT2D eigenvalue weighted by atomic mass is 10.2. The number of anilines is 1. The zero-order chi connectivity index (χ0) is 19.7. The van der Waals surface area contributed by atoms with Crippen molar-refractivity contribution in [1.29, 1.82) is 0 Å². The molecule has 0 saturated carbocycles. The molecule has 0 atom stereocenters. The van der Waals surface area contributed by atoms with Crippen molar-refractivity contribution in [3.8, 4) is 5.75 Å². The Hall–Kier alpha value is -2.12. The standard InChI is InChI=1S/C20H14Cl2N2O2S2/c1-26-13-7-8-15-16(9-13)27-20(23-15)24(11-12-5-3-2-4-6-12)19(25)14-10-17(21)28-18(14)22/h2-10H,11H2,1H3. The maximum atomic E-state index is 13.3. The van der Waals surface area contributed by atoms with Gasteiger partial charge in [-0.15, -0.1) is 11.3 Å². The van der Waals surface area contributed by atoms with Crippen LogP contribution in [-0.4, -0.2) is 18.0 Å². The third-order valence-corrected chi connectivity index (χ3v) is 6.66. The number of carbonyl (C=O) groups is 1. The van der Waals surface area contributed by atoms with Crippen LogP contribution in [0.4, 0.5) is 5.13 Å². The summed E-state index contributed by atoms with van der Waals surface area (Å²) in [6, 6.07) is 17.0. The molecule has 2 aromatic carbocycles. The van der Waals surface area contributed by atoms with E-state index in [1.165, 1.54) is 22.7 Å². The first-order chi connectivity index (χ1) is 13.5. The Balaban J connectivity index is 1.78. The van der Waals surface area contributed by atoms with Gasteiger partial charge in [0.2, 0.25) is 0 Å². The molecule has 0 fully saturated rings. The second-order valence-electron chi connectivity index (χ2n) is 5.94. The molecule has 0 N–H and O–H groups in total. The monoisotopic (exact) mass is 448 g/mol. The van der Waals surface area contributed by atoms with Gasteiger partial charge in [0.15, 0.2) is 5.13 Å². The number of thiophene rings is 1. The molecule has 0 saturated heterocycles.